The fourth-order valence-corrected chi connectivity index (χ4v) is 3.28. The van der Waals surface area contributed by atoms with Crippen LogP contribution in [0.5, 0.6) is 0 Å². The number of fused-ring (bicyclic) bond motifs is 3. The maximum absolute atomic E-state index is 2.18. The Hall–Kier alpha value is -3.64. The summed E-state index contributed by atoms with van der Waals surface area (Å²) in [5.41, 5.74) is 2.47. The van der Waals surface area contributed by atoms with Crippen molar-refractivity contribution in [2.75, 3.05) is 0 Å². The molecule has 0 saturated carbocycles. The zero-order chi connectivity index (χ0) is 19.0. The Bertz CT molecular complexity index is 1090. The van der Waals surface area contributed by atoms with Crippen LogP contribution < -0.4 is 0 Å². The molecule has 0 radical (unpaired) electrons. The van der Waals surface area contributed by atoms with Gasteiger partial charge in [0.15, 0.2) is 0 Å². The van der Waals surface area contributed by atoms with Crippen LogP contribution in [0.25, 0.3) is 33.7 Å². The van der Waals surface area contributed by atoms with E-state index in [4.69, 9.17) is 0 Å². The SMILES string of the molecule is C(=Cc1ccccc1)c1ccccc1.c1ccc2c(c1)ccc1ccccc12. The summed E-state index contributed by atoms with van der Waals surface area (Å²) in [5, 5.41) is 5.30. The van der Waals surface area contributed by atoms with Crippen LogP contribution in [0, 0.1) is 0 Å². The van der Waals surface area contributed by atoms with Gasteiger partial charge in [0.25, 0.3) is 0 Å². The minimum Gasteiger partial charge on any atom is -0.0622 e. The summed E-state index contributed by atoms with van der Waals surface area (Å²) in [6, 6.07) is 42.0. The molecule has 0 heteroatoms. The lowest BCUT2D eigenvalue weighted by Crippen LogP contribution is -1.75. The van der Waals surface area contributed by atoms with Crippen LogP contribution in [0.3, 0.4) is 0 Å². The summed E-state index contributed by atoms with van der Waals surface area (Å²) in [6.07, 6.45) is 4.24. The smallest absolute Gasteiger partial charge is 0.0105 e. The normalized spacial score (nSPS) is 10.7. The Morgan fingerprint density at radius 1 is 0.321 bits per heavy atom. The third-order valence-corrected chi connectivity index (χ3v) is 4.72. The third kappa shape index (κ3) is 4.36. The molecule has 0 aliphatic rings. The minimum atomic E-state index is 1.23. The maximum atomic E-state index is 2.18. The first-order chi connectivity index (χ1) is 13.9. The molecule has 0 aliphatic heterocycles. The van der Waals surface area contributed by atoms with Crippen LogP contribution in [0.15, 0.2) is 121 Å². The minimum absolute atomic E-state index is 1.23. The van der Waals surface area contributed by atoms with E-state index in [2.05, 4.69) is 97.1 Å². The molecule has 5 aromatic carbocycles. The van der Waals surface area contributed by atoms with Gasteiger partial charge in [0.1, 0.15) is 0 Å². The van der Waals surface area contributed by atoms with E-state index in [9.17, 15) is 0 Å². The van der Waals surface area contributed by atoms with Crippen molar-refractivity contribution in [2.24, 2.45) is 0 Å². The fourth-order valence-electron chi connectivity index (χ4n) is 3.28. The standard InChI is InChI=1S/C14H10.C14H12/c1-3-7-13-11(5-1)9-10-12-6-2-4-8-14(12)13;1-3-7-13(8-4-1)11-12-14-9-5-2-6-10-14/h1-10H;1-12H. The largest absolute Gasteiger partial charge is 0.0622 e. The molecule has 0 atom stereocenters. The molecule has 0 bridgehead atoms. The zero-order valence-electron chi connectivity index (χ0n) is 15.7. The van der Waals surface area contributed by atoms with Crippen LogP contribution in [-0.4, -0.2) is 0 Å². The number of benzene rings is 5. The molecule has 0 aromatic heterocycles. The Kier molecular flexibility index (Phi) is 5.60. The van der Waals surface area contributed by atoms with Gasteiger partial charge in [-0.3, -0.25) is 0 Å². The molecular formula is C28H22. The first-order valence-electron chi connectivity index (χ1n) is 9.55. The molecule has 134 valence electrons. The highest BCUT2D eigenvalue weighted by Gasteiger charge is 1.97. The van der Waals surface area contributed by atoms with Gasteiger partial charge >= 0.3 is 0 Å². The Morgan fingerprint density at radius 2 is 0.679 bits per heavy atom. The van der Waals surface area contributed by atoms with Gasteiger partial charge in [0.05, 0.1) is 0 Å². The van der Waals surface area contributed by atoms with Crippen LogP contribution in [0.2, 0.25) is 0 Å². The van der Waals surface area contributed by atoms with Gasteiger partial charge in [-0.25, -0.2) is 0 Å². The molecular weight excluding hydrogens is 336 g/mol. The van der Waals surface area contributed by atoms with Gasteiger partial charge in [-0.05, 0) is 32.7 Å². The molecule has 5 rings (SSSR count). The van der Waals surface area contributed by atoms with Gasteiger partial charge in [-0.2, -0.15) is 0 Å². The van der Waals surface area contributed by atoms with Gasteiger partial charge in [0.2, 0.25) is 0 Å². The van der Waals surface area contributed by atoms with Crippen molar-refractivity contribution in [1.82, 2.24) is 0 Å². The average Bonchev–Trinajstić information content (AvgIpc) is 2.79. The summed E-state index contributed by atoms with van der Waals surface area (Å²) >= 11 is 0. The molecule has 0 amide bonds. The van der Waals surface area contributed by atoms with Crippen molar-refractivity contribution in [1.29, 1.82) is 0 Å². The van der Waals surface area contributed by atoms with Crippen LogP contribution in [0.4, 0.5) is 0 Å². The predicted octanol–water partition coefficient (Wildman–Crippen LogP) is 7.85. The molecule has 0 aliphatic carbocycles. The quantitative estimate of drug-likeness (QED) is 0.223. The highest BCUT2D eigenvalue weighted by molar-refractivity contribution is 6.07. The predicted molar refractivity (Wildman–Crippen MR) is 123 cm³/mol. The molecule has 28 heavy (non-hydrogen) atoms. The molecule has 0 unspecified atom stereocenters. The average molecular weight is 358 g/mol. The van der Waals surface area contributed by atoms with E-state index < -0.39 is 0 Å². The fraction of sp³-hybridized carbons (Fsp3) is 0. The summed E-state index contributed by atoms with van der Waals surface area (Å²) in [4.78, 5) is 0. The van der Waals surface area contributed by atoms with Gasteiger partial charge in [-0.15, -0.1) is 0 Å². The van der Waals surface area contributed by atoms with Gasteiger partial charge < -0.3 is 0 Å². The molecule has 0 heterocycles. The van der Waals surface area contributed by atoms with Crippen molar-refractivity contribution in [3.8, 4) is 0 Å². The van der Waals surface area contributed by atoms with E-state index in [1.165, 1.54) is 32.7 Å². The lowest BCUT2D eigenvalue weighted by molar-refractivity contribution is 1.65. The summed E-state index contributed by atoms with van der Waals surface area (Å²) < 4.78 is 0. The van der Waals surface area contributed by atoms with Gasteiger partial charge in [-0.1, -0.05) is 133 Å². The maximum Gasteiger partial charge on any atom is -0.0105 e. The second-order valence-electron chi connectivity index (χ2n) is 6.66. The second-order valence-corrected chi connectivity index (χ2v) is 6.66. The Balaban J connectivity index is 0.000000137. The van der Waals surface area contributed by atoms with E-state index in [0.717, 1.165) is 0 Å². The summed E-state index contributed by atoms with van der Waals surface area (Å²) in [5.74, 6) is 0. The topological polar surface area (TPSA) is 0 Å². The zero-order valence-corrected chi connectivity index (χ0v) is 15.7. The number of hydrogen-bond acceptors (Lipinski definition) is 0. The van der Waals surface area contributed by atoms with E-state index in [0.29, 0.717) is 0 Å². The number of hydrogen-bond donors (Lipinski definition) is 0. The molecule has 0 nitrogen and oxygen atoms in total. The molecule has 0 fully saturated rings. The first-order valence-corrected chi connectivity index (χ1v) is 9.55. The van der Waals surface area contributed by atoms with Crippen LogP contribution in [-0.2, 0) is 0 Å². The van der Waals surface area contributed by atoms with E-state index in [-0.39, 0.29) is 0 Å². The van der Waals surface area contributed by atoms with E-state index in [1.807, 2.05) is 36.4 Å². The van der Waals surface area contributed by atoms with Crippen molar-refractivity contribution >= 4 is 33.7 Å². The van der Waals surface area contributed by atoms with Crippen LogP contribution >= 0.6 is 0 Å². The van der Waals surface area contributed by atoms with Crippen molar-refractivity contribution in [3.63, 3.8) is 0 Å². The molecule has 0 N–H and O–H groups in total. The van der Waals surface area contributed by atoms with Crippen molar-refractivity contribution < 1.29 is 0 Å². The monoisotopic (exact) mass is 358 g/mol. The van der Waals surface area contributed by atoms with Crippen molar-refractivity contribution in [2.45, 2.75) is 0 Å². The molecule has 5 aromatic rings. The Morgan fingerprint density at radius 3 is 1.11 bits per heavy atom. The number of rotatable bonds is 2. The van der Waals surface area contributed by atoms with E-state index in [1.54, 1.807) is 0 Å². The highest BCUT2D eigenvalue weighted by Crippen LogP contribution is 2.24. The first kappa shape index (κ1) is 17.8. The highest BCUT2D eigenvalue weighted by atomic mass is 14.0. The second kappa shape index (κ2) is 8.83. The summed E-state index contributed by atoms with van der Waals surface area (Å²) in [7, 11) is 0. The Labute approximate surface area is 166 Å². The lowest BCUT2D eigenvalue weighted by Gasteiger charge is -2.02. The summed E-state index contributed by atoms with van der Waals surface area (Å²) in [6.45, 7) is 0. The third-order valence-electron chi connectivity index (χ3n) is 4.72. The molecule has 0 spiro atoms. The van der Waals surface area contributed by atoms with Crippen molar-refractivity contribution in [3.05, 3.63) is 132 Å². The molecule has 0 saturated heterocycles. The lowest BCUT2D eigenvalue weighted by atomic mass is 10.0. The van der Waals surface area contributed by atoms with Crippen LogP contribution in [0.1, 0.15) is 11.1 Å². The van der Waals surface area contributed by atoms with E-state index >= 15 is 0 Å². The van der Waals surface area contributed by atoms with Gasteiger partial charge in [0, 0.05) is 0 Å².